The Morgan fingerprint density at radius 3 is 3.00 bits per heavy atom. The molecule has 0 aromatic heterocycles. The van der Waals surface area contributed by atoms with Gasteiger partial charge in [0.1, 0.15) is 0 Å². The van der Waals surface area contributed by atoms with Crippen molar-refractivity contribution in [3.05, 3.63) is 34.9 Å². The Morgan fingerprint density at radius 1 is 1.33 bits per heavy atom. The molecule has 0 radical (unpaired) electrons. The third-order valence-corrected chi connectivity index (χ3v) is 4.25. The number of benzene rings is 1. The van der Waals surface area contributed by atoms with Gasteiger partial charge in [-0.3, -0.25) is 0 Å². The lowest BCUT2D eigenvalue weighted by molar-refractivity contribution is 0.00507. The number of nitrogens with one attached hydrogen (secondary N) is 1. The maximum atomic E-state index is 13.2. The molecule has 98 valence electrons. The van der Waals surface area contributed by atoms with E-state index in [0.29, 0.717) is 6.42 Å². The molecule has 0 bridgehead atoms. The predicted molar refractivity (Wildman–Crippen MR) is 67.8 cm³/mol. The van der Waals surface area contributed by atoms with Crippen LogP contribution in [0.1, 0.15) is 36.0 Å². The highest BCUT2D eigenvalue weighted by Crippen LogP contribution is 2.40. The van der Waals surface area contributed by atoms with Crippen molar-refractivity contribution >= 4 is 0 Å². The maximum absolute atomic E-state index is 13.2. The summed E-state index contributed by atoms with van der Waals surface area (Å²) in [5.41, 5.74) is 4.06. The SMILES string of the molecule is FC1(F)CCC(Cc2cccc3c2CCNC3)C1. The Morgan fingerprint density at radius 2 is 2.22 bits per heavy atom. The number of hydrogen-bond donors (Lipinski definition) is 1. The predicted octanol–water partition coefficient (Wildman–Crippen LogP) is 3.31. The lowest BCUT2D eigenvalue weighted by Gasteiger charge is -2.21. The average Bonchev–Trinajstić information content (AvgIpc) is 2.69. The number of alkyl halides is 2. The summed E-state index contributed by atoms with van der Waals surface area (Å²) in [6, 6.07) is 6.34. The highest BCUT2D eigenvalue weighted by molar-refractivity contribution is 5.37. The Bertz CT molecular complexity index is 442. The molecule has 1 unspecified atom stereocenters. The van der Waals surface area contributed by atoms with Gasteiger partial charge < -0.3 is 5.32 Å². The number of hydrogen-bond acceptors (Lipinski definition) is 1. The van der Waals surface area contributed by atoms with Gasteiger partial charge in [0.2, 0.25) is 5.92 Å². The zero-order valence-electron chi connectivity index (χ0n) is 10.5. The van der Waals surface area contributed by atoms with E-state index < -0.39 is 5.92 Å². The lowest BCUT2D eigenvalue weighted by Crippen LogP contribution is -2.25. The molecule has 1 heterocycles. The van der Waals surface area contributed by atoms with Gasteiger partial charge >= 0.3 is 0 Å². The second kappa shape index (κ2) is 4.61. The van der Waals surface area contributed by atoms with Crippen molar-refractivity contribution in [1.82, 2.24) is 5.32 Å². The Labute approximate surface area is 107 Å². The molecule has 1 atom stereocenters. The van der Waals surface area contributed by atoms with Crippen molar-refractivity contribution in [1.29, 1.82) is 0 Å². The average molecular weight is 251 g/mol. The molecule has 18 heavy (non-hydrogen) atoms. The van der Waals surface area contributed by atoms with E-state index in [1.54, 1.807) is 0 Å². The van der Waals surface area contributed by atoms with E-state index in [0.717, 1.165) is 25.9 Å². The first kappa shape index (κ1) is 12.1. The van der Waals surface area contributed by atoms with Crippen LogP contribution in [0.25, 0.3) is 0 Å². The fourth-order valence-corrected chi connectivity index (χ4v) is 3.33. The fraction of sp³-hybridized carbons (Fsp3) is 0.600. The van der Waals surface area contributed by atoms with Gasteiger partial charge in [-0.25, -0.2) is 8.78 Å². The summed E-state index contributed by atoms with van der Waals surface area (Å²) >= 11 is 0. The molecule has 1 aromatic carbocycles. The molecule has 3 heteroatoms. The van der Waals surface area contributed by atoms with Gasteiger partial charge in [-0.1, -0.05) is 18.2 Å². The van der Waals surface area contributed by atoms with Gasteiger partial charge in [0.05, 0.1) is 0 Å². The molecule has 1 N–H and O–H groups in total. The number of halogens is 2. The van der Waals surface area contributed by atoms with Gasteiger partial charge in [0.25, 0.3) is 0 Å². The van der Waals surface area contributed by atoms with Crippen molar-refractivity contribution in [3.8, 4) is 0 Å². The molecule has 1 aliphatic carbocycles. The van der Waals surface area contributed by atoms with Crippen LogP contribution in [0.3, 0.4) is 0 Å². The smallest absolute Gasteiger partial charge is 0.248 e. The van der Waals surface area contributed by atoms with Gasteiger partial charge in [-0.05, 0) is 48.4 Å². The van der Waals surface area contributed by atoms with E-state index in [-0.39, 0.29) is 18.8 Å². The molecular formula is C15H19F2N. The monoisotopic (exact) mass is 251 g/mol. The van der Waals surface area contributed by atoms with Crippen LogP contribution in [0.5, 0.6) is 0 Å². The number of fused-ring (bicyclic) bond motifs is 1. The molecule has 1 fully saturated rings. The Kier molecular flexibility index (Phi) is 3.10. The van der Waals surface area contributed by atoms with E-state index in [4.69, 9.17) is 0 Å². The third-order valence-electron chi connectivity index (χ3n) is 4.25. The molecule has 1 nitrogen and oxygen atoms in total. The first-order chi connectivity index (χ1) is 8.64. The van der Waals surface area contributed by atoms with Crippen LogP contribution in [0, 0.1) is 5.92 Å². The molecule has 0 spiro atoms. The van der Waals surface area contributed by atoms with Gasteiger partial charge in [-0.15, -0.1) is 0 Å². The topological polar surface area (TPSA) is 12.0 Å². The van der Waals surface area contributed by atoms with Gasteiger partial charge in [0.15, 0.2) is 0 Å². The fourth-order valence-electron chi connectivity index (χ4n) is 3.33. The highest BCUT2D eigenvalue weighted by atomic mass is 19.3. The summed E-state index contributed by atoms with van der Waals surface area (Å²) in [4.78, 5) is 0. The van der Waals surface area contributed by atoms with Crippen LogP contribution in [0.2, 0.25) is 0 Å². The van der Waals surface area contributed by atoms with E-state index in [1.165, 1.54) is 16.7 Å². The third kappa shape index (κ3) is 2.41. The largest absolute Gasteiger partial charge is 0.312 e. The van der Waals surface area contributed by atoms with Crippen LogP contribution in [0.4, 0.5) is 8.78 Å². The summed E-state index contributed by atoms with van der Waals surface area (Å²) in [6.45, 7) is 1.93. The van der Waals surface area contributed by atoms with Crippen molar-refractivity contribution in [2.75, 3.05) is 6.54 Å². The lowest BCUT2D eigenvalue weighted by atomic mass is 9.89. The molecule has 0 amide bonds. The molecule has 0 saturated heterocycles. The van der Waals surface area contributed by atoms with Gasteiger partial charge in [-0.2, -0.15) is 0 Å². The summed E-state index contributed by atoms with van der Waals surface area (Å²) < 4.78 is 26.5. The van der Waals surface area contributed by atoms with Crippen LogP contribution >= 0.6 is 0 Å². The number of rotatable bonds is 2. The normalized spacial score (nSPS) is 26.0. The maximum Gasteiger partial charge on any atom is 0.248 e. The van der Waals surface area contributed by atoms with E-state index in [1.807, 2.05) is 0 Å². The minimum absolute atomic E-state index is 0.0776. The molecule has 1 aromatic rings. The summed E-state index contributed by atoms with van der Waals surface area (Å²) in [7, 11) is 0. The summed E-state index contributed by atoms with van der Waals surface area (Å²) in [5, 5.41) is 3.35. The second-order valence-electron chi connectivity index (χ2n) is 5.65. The van der Waals surface area contributed by atoms with Crippen molar-refractivity contribution < 1.29 is 8.78 Å². The summed E-state index contributed by atoms with van der Waals surface area (Å²) in [5.74, 6) is -2.25. The minimum atomic E-state index is -2.42. The van der Waals surface area contributed by atoms with Crippen LogP contribution in [-0.2, 0) is 19.4 Å². The van der Waals surface area contributed by atoms with Crippen molar-refractivity contribution in [3.63, 3.8) is 0 Å². The zero-order chi connectivity index (χ0) is 12.6. The van der Waals surface area contributed by atoms with Crippen molar-refractivity contribution in [2.45, 2.75) is 44.6 Å². The van der Waals surface area contributed by atoms with E-state index in [2.05, 4.69) is 23.5 Å². The molecule has 2 aliphatic rings. The van der Waals surface area contributed by atoms with Crippen LogP contribution in [-0.4, -0.2) is 12.5 Å². The Balaban J connectivity index is 1.77. The van der Waals surface area contributed by atoms with Crippen molar-refractivity contribution in [2.24, 2.45) is 5.92 Å². The summed E-state index contributed by atoms with van der Waals surface area (Å²) in [6.07, 6.45) is 2.70. The van der Waals surface area contributed by atoms with E-state index in [9.17, 15) is 8.78 Å². The van der Waals surface area contributed by atoms with Gasteiger partial charge in [0, 0.05) is 19.4 Å². The highest BCUT2D eigenvalue weighted by Gasteiger charge is 2.39. The zero-order valence-corrected chi connectivity index (χ0v) is 10.5. The molecule has 1 aliphatic heterocycles. The van der Waals surface area contributed by atoms with E-state index >= 15 is 0 Å². The standard InChI is InChI=1S/C15H19F2N/c16-15(17)6-4-11(9-15)8-12-2-1-3-13-10-18-7-5-14(12)13/h1-3,11,18H,4-10H2. The molecule has 1 saturated carbocycles. The van der Waals surface area contributed by atoms with Crippen LogP contribution in [0.15, 0.2) is 18.2 Å². The Hall–Kier alpha value is -0.960. The molecule has 3 rings (SSSR count). The minimum Gasteiger partial charge on any atom is -0.312 e. The first-order valence-electron chi connectivity index (χ1n) is 6.82. The first-order valence-corrected chi connectivity index (χ1v) is 6.82. The van der Waals surface area contributed by atoms with Crippen LogP contribution < -0.4 is 5.32 Å². The molecular weight excluding hydrogens is 232 g/mol. The second-order valence-corrected chi connectivity index (χ2v) is 5.65. The quantitative estimate of drug-likeness (QED) is 0.850.